The quantitative estimate of drug-likeness (QED) is 0.783. The van der Waals surface area contributed by atoms with Crippen LogP contribution in [-0.2, 0) is 14.8 Å². The normalized spacial score (nSPS) is 18.5. The zero-order chi connectivity index (χ0) is 18.4. The Hall–Kier alpha value is -1.48. The summed E-state index contributed by atoms with van der Waals surface area (Å²) in [6.07, 6.45) is 1.71. The lowest BCUT2D eigenvalue weighted by molar-refractivity contribution is -0.116. The zero-order valence-electron chi connectivity index (χ0n) is 14.9. The van der Waals surface area contributed by atoms with E-state index in [4.69, 9.17) is 5.73 Å². The second kappa shape index (κ2) is 8.75. The van der Waals surface area contributed by atoms with Crippen LogP contribution >= 0.6 is 0 Å². The second-order valence-electron chi connectivity index (χ2n) is 6.65. The molecule has 1 unspecified atom stereocenters. The first kappa shape index (κ1) is 19.8. The fraction of sp³-hybridized carbons (Fsp3) is 0.588. The van der Waals surface area contributed by atoms with E-state index < -0.39 is 10.0 Å². The van der Waals surface area contributed by atoms with Crippen molar-refractivity contribution >= 4 is 21.6 Å². The first-order valence-corrected chi connectivity index (χ1v) is 10.1. The molecule has 25 heavy (non-hydrogen) atoms. The fourth-order valence-corrected chi connectivity index (χ4v) is 4.24. The molecule has 2 rings (SSSR count). The third-order valence-corrected chi connectivity index (χ3v) is 6.16. The topological polar surface area (TPSA) is 95.7 Å². The Balaban J connectivity index is 2.10. The molecule has 0 spiro atoms. The minimum atomic E-state index is -3.56. The number of carbonyl (C=O) groups is 1. The predicted molar refractivity (Wildman–Crippen MR) is 98.8 cm³/mol. The van der Waals surface area contributed by atoms with Gasteiger partial charge >= 0.3 is 0 Å². The van der Waals surface area contributed by atoms with Crippen LogP contribution in [0.15, 0.2) is 29.2 Å². The minimum Gasteiger partial charge on any atom is -0.328 e. The summed E-state index contributed by atoms with van der Waals surface area (Å²) in [6, 6.07) is 6.39. The standard InChI is InChI=1S/C17H28N4O3S/c1-14(18)7-8-17(22)19-15-5-3-6-16(13-15)25(23,24)21-10-4-9-20(2)11-12-21/h3,5-6,13-14H,4,7-12,18H2,1-2H3,(H,19,22). The molecule has 1 aromatic carbocycles. The number of anilines is 1. The second-order valence-corrected chi connectivity index (χ2v) is 8.59. The summed E-state index contributed by atoms with van der Waals surface area (Å²) in [5.74, 6) is -0.164. The van der Waals surface area contributed by atoms with Crippen LogP contribution in [0.1, 0.15) is 26.2 Å². The summed E-state index contributed by atoms with van der Waals surface area (Å²) < 4.78 is 27.3. The molecule has 1 atom stereocenters. The lowest BCUT2D eigenvalue weighted by Gasteiger charge is -2.20. The molecule has 0 saturated carbocycles. The number of benzene rings is 1. The number of amides is 1. The number of carbonyl (C=O) groups excluding carboxylic acids is 1. The third kappa shape index (κ3) is 5.78. The summed E-state index contributed by atoms with van der Waals surface area (Å²) >= 11 is 0. The third-order valence-electron chi connectivity index (χ3n) is 4.26. The van der Waals surface area contributed by atoms with Crippen molar-refractivity contribution in [2.45, 2.75) is 37.1 Å². The molecule has 0 aliphatic carbocycles. The van der Waals surface area contributed by atoms with Crippen LogP contribution in [0.25, 0.3) is 0 Å². The van der Waals surface area contributed by atoms with E-state index in [1.807, 2.05) is 14.0 Å². The van der Waals surface area contributed by atoms with E-state index in [9.17, 15) is 13.2 Å². The molecule has 1 heterocycles. The minimum absolute atomic E-state index is 0.0429. The highest BCUT2D eigenvalue weighted by Crippen LogP contribution is 2.21. The molecule has 1 saturated heterocycles. The average Bonchev–Trinajstić information content (AvgIpc) is 2.78. The average molecular weight is 369 g/mol. The maximum absolute atomic E-state index is 12.9. The maximum atomic E-state index is 12.9. The van der Waals surface area contributed by atoms with Crippen LogP contribution in [0.4, 0.5) is 5.69 Å². The monoisotopic (exact) mass is 368 g/mol. The van der Waals surface area contributed by atoms with Crippen LogP contribution in [0.2, 0.25) is 0 Å². The molecular formula is C17H28N4O3S. The van der Waals surface area contributed by atoms with Gasteiger partial charge in [-0.3, -0.25) is 4.79 Å². The van der Waals surface area contributed by atoms with E-state index in [0.717, 1.165) is 13.0 Å². The lowest BCUT2D eigenvalue weighted by Crippen LogP contribution is -2.34. The first-order chi connectivity index (χ1) is 11.8. The molecule has 1 aliphatic heterocycles. The summed E-state index contributed by atoms with van der Waals surface area (Å²) in [4.78, 5) is 14.3. The highest BCUT2D eigenvalue weighted by atomic mass is 32.2. The van der Waals surface area contributed by atoms with Gasteiger partial charge in [-0.2, -0.15) is 4.31 Å². The van der Waals surface area contributed by atoms with Gasteiger partial charge in [0.1, 0.15) is 0 Å². The van der Waals surface area contributed by atoms with Crippen molar-refractivity contribution in [1.29, 1.82) is 0 Å². The first-order valence-electron chi connectivity index (χ1n) is 8.63. The molecule has 8 heteroatoms. The summed E-state index contributed by atoms with van der Waals surface area (Å²) in [5.41, 5.74) is 6.14. The largest absolute Gasteiger partial charge is 0.328 e. The molecule has 7 nitrogen and oxygen atoms in total. The molecule has 0 radical (unpaired) electrons. The van der Waals surface area contributed by atoms with Crippen LogP contribution in [0, 0.1) is 0 Å². The van der Waals surface area contributed by atoms with Crippen molar-refractivity contribution in [2.24, 2.45) is 5.73 Å². The molecule has 0 aromatic heterocycles. The van der Waals surface area contributed by atoms with E-state index in [-0.39, 0.29) is 16.8 Å². The smallest absolute Gasteiger partial charge is 0.243 e. The van der Waals surface area contributed by atoms with Gasteiger partial charge in [0.2, 0.25) is 15.9 Å². The summed E-state index contributed by atoms with van der Waals surface area (Å²) in [6.45, 7) is 4.44. The van der Waals surface area contributed by atoms with Crippen LogP contribution in [0.3, 0.4) is 0 Å². The van der Waals surface area contributed by atoms with Crippen molar-refractivity contribution in [1.82, 2.24) is 9.21 Å². The van der Waals surface area contributed by atoms with Gasteiger partial charge in [-0.05, 0) is 51.6 Å². The Labute approximate surface area is 150 Å². The Kier molecular flexibility index (Phi) is 6.95. The number of hydrogen-bond acceptors (Lipinski definition) is 5. The van der Waals surface area contributed by atoms with Gasteiger partial charge in [0.15, 0.2) is 0 Å². The number of nitrogens with one attached hydrogen (secondary N) is 1. The van der Waals surface area contributed by atoms with Crippen molar-refractivity contribution < 1.29 is 13.2 Å². The van der Waals surface area contributed by atoms with Gasteiger partial charge in [-0.1, -0.05) is 6.07 Å². The Morgan fingerprint density at radius 1 is 1.28 bits per heavy atom. The highest BCUT2D eigenvalue weighted by Gasteiger charge is 2.26. The molecule has 0 bridgehead atoms. The van der Waals surface area contributed by atoms with Gasteiger partial charge in [-0.25, -0.2) is 8.42 Å². The van der Waals surface area contributed by atoms with E-state index >= 15 is 0 Å². The number of likely N-dealkylation sites (N-methyl/N-ethyl adjacent to an activating group) is 1. The van der Waals surface area contributed by atoms with Gasteiger partial charge in [0, 0.05) is 37.8 Å². The Bertz CT molecular complexity index is 691. The zero-order valence-corrected chi connectivity index (χ0v) is 15.8. The Morgan fingerprint density at radius 3 is 2.76 bits per heavy atom. The molecule has 1 amide bonds. The fourth-order valence-electron chi connectivity index (χ4n) is 2.73. The van der Waals surface area contributed by atoms with Crippen LogP contribution < -0.4 is 11.1 Å². The molecule has 140 valence electrons. The maximum Gasteiger partial charge on any atom is 0.243 e. The van der Waals surface area contributed by atoms with Crippen LogP contribution in [-0.4, -0.2) is 62.8 Å². The van der Waals surface area contributed by atoms with E-state index in [0.29, 0.717) is 38.2 Å². The lowest BCUT2D eigenvalue weighted by atomic mass is 10.2. The number of nitrogens with zero attached hydrogens (tertiary/aromatic N) is 2. The predicted octanol–water partition coefficient (Wildman–Crippen LogP) is 1.08. The van der Waals surface area contributed by atoms with E-state index in [2.05, 4.69) is 10.2 Å². The van der Waals surface area contributed by atoms with E-state index in [1.165, 1.54) is 10.4 Å². The van der Waals surface area contributed by atoms with E-state index in [1.54, 1.807) is 18.2 Å². The molecule has 1 fully saturated rings. The summed E-state index contributed by atoms with van der Waals surface area (Å²) in [5, 5.41) is 2.75. The molecule has 3 N–H and O–H groups in total. The number of hydrogen-bond donors (Lipinski definition) is 2. The number of rotatable bonds is 6. The van der Waals surface area contributed by atoms with Crippen LogP contribution in [0.5, 0.6) is 0 Å². The number of nitrogens with two attached hydrogens (primary N) is 1. The molecule has 1 aliphatic rings. The van der Waals surface area contributed by atoms with Gasteiger partial charge in [0.05, 0.1) is 4.90 Å². The van der Waals surface area contributed by atoms with Crippen molar-refractivity contribution in [3.8, 4) is 0 Å². The SMILES string of the molecule is CC(N)CCC(=O)Nc1cccc(S(=O)(=O)N2CCCN(C)CC2)c1. The van der Waals surface area contributed by atoms with Gasteiger partial charge in [-0.15, -0.1) is 0 Å². The Morgan fingerprint density at radius 2 is 2.04 bits per heavy atom. The number of sulfonamides is 1. The highest BCUT2D eigenvalue weighted by molar-refractivity contribution is 7.89. The van der Waals surface area contributed by atoms with Crippen molar-refractivity contribution in [3.63, 3.8) is 0 Å². The summed E-state index contributed by atoms with van der Waals surface area (Å²) in [7, 11) is -1.56. The molecular weight excluding hydrogens is 340 g/mol. The molecule has 1 aromatic rings. The van der Waals surface area contributed by atoms with Gasteiger partial charge < -0.3 is 16.0 Å². The van der Waals surface area contributed by atoms with Gasteiger partial charge in [0.25, 0.3) is 0 Å². The van der Waals surface area contributed by atoms with Crippen molar-refractivity contribution in [2.75, 3.05) is 38.5 Å². The van der Waals surface area contributed by atoms with Crippen molar-refractivity contribution in [3.05, 3.63) is 24.3 Å².